The molecule has 0 aromatic carbocycles. The van der Waals surface area contributed by atoms with Crippen LogP contribution in [0.2, 0.25) is 0 Å². The Morgan fingerprint density at radius 1 is 0.810 bits per heavy atom. The van der Waals surface area contributed by atoms with E-state index in [0.717, 1.165) is 11.8 Å². The quantitative estimate of drug-likeness (QED) is 0.381. The molecule has 0 spiro atoms. The Balaban J connectivity index is 0.000000181. The molecule has 0 nitrogen and oxygen atoms in total. The van der Waals surface area contributed by atoms with Crippen LogP contribution in [0.3, 0.4) is 0 Å². The molecular formula is C20H26Zr. The first-order chi connectivity index (χ1) is 9.93. The van der Waals surface area contributed by atoms with Crippen molar-refractivity contribution in [1.82, 2.24) is 0 Å². The Labute approximate surface area is 149 Å². The molecule has 0 saturated heterocycles. The Morgan fingerprint density at radius 3 is 1.62 bits per heavy atom. The van der Waals surface area contributed by atoms with Crippen molar-refractivity contribution < 1.29 is 26.2 Å². The van der Waals surface area contributed by atoms with Crippen LogP contribution >= 0.6 is 0 Å². The molecule has 4 aliphatic carbocycles. The second-order valence-electron chi connectivity index (χ2n) is 5.62. The van der Waals surface area contributed by atoms with Crippen molar-refractivity contribution in [2.45, 2.75) is 38.5 Å². The van der Waals surface area contributed by atoms with Gasteiger partial charge in [0, 0.05) is 0 Å². The van der Waals surface area contributed by atoms with Crippen LogP contribution < -0.4 is 0 Å². The zero-order valence-corrected chi connectivity index (χ0v) is 15.4. The molecule has 2 atom stereocenters. The number of rotatable bonds is 0. The fourth-order valence-electron chi connectivity index (χ4n) is 3.33. The van der Waals surface area contributed by atoms with Crippen LogP contribution in [-0.4, -0.2) is 0 Å². The maximum Gasteiger partial charge on any atom is 2.00 e. The van der Waals surface area contributed by atoms with E-state index in [2.05, 4.69) is 62.5 Å². The van der Waals surface area contributed by atoms with Gasteiger partial charge in [-0.05, 0) is 24.7 Å². The van der Waals surface area contributed by atoms with Crippen LogP contribution in [-0.2, 0) is 26.2 Å². The molecule has 110 valence electrons. The van der Waals surface area contributed by atoms with Gasteiger partial charge in [0.1, 0.15) is 0 Å². The number of allylic oxidation sites excluding steroid dienone is 8. The molecule has 0 aromatic rings. The average molecular weight is 358 g/mol. The third-order valence-electron chi connectivity index (χ3n) is 4.42. The molecule has 2 unspecified atom stereocenters. The van der Waals surface area contributed by atoms with E-state index in [-0.39, 0.29) is 26.2 Å². The van der Waals surface area contributed by atoms with E-state index >= 15 is 0 Å². The molecule has 4 aliphatic rings. The van der Waals surface area contributed by atoms with Gasteiger partial charge >= 0.3 is 26.2 Å². The average Bonchev–Trinajstić information content (AvgIpc) is 3.18. The van der Waals surface area contributed by atoms with E-state index in [4.69, 9.17) is 0 Å². The largest absolute Gasteiger partial charge is 2.00 e. The summed E-state index contributed by atoms with van der Waals surface area (Å²) in [5.41, 5.74) is 3.16. The van der Waals surface area contributed by atoms with Crippen molar-refractivity contribution in [3.63, 3.8) is 0 Å². The van der Waals surface area contributed by atoms with Gasteiger partial charge in [-0.25, -0.2) is 36.1 Å². The summed E-state index contributed by atoms with van der Waals surface area (Å²) >= 11 is 0. The first-order valence-electron chi connectivity index (χ1n) is 7.83. The minimum Gasteiger partial charge on any atom is -0.227 e. The molecule has 4 rings (SSSR count). The van der Waals surface area contributed by atoms with Gasteiger partial charge in [-0.2, -0.15) is 0 Å². The van der Waals surface area contributed by atoms with Crippen molar-refractivity contribution >= 4 is 0 Å². The van der Waals surface area contributed by atoms with Crippen LogP contribution in [0.4, 0.5) is 0 Å². The molecule has 2 fully saturated rings. The van der Waals surface area contributed by atoms with Crippen molar-refractivity contribution in [2.75, 3.05) is 0 Å². The Kier molecular flexibility index (Phi) is 8.85. The second-order valence-corrected chi connectivity index (χ2v) is 5.62. The molecule has 0 heterocycles. The standard InChI is InChI=1S/2C9H11.C2H4.Zr/c2*1-2-5-9-7-3-6-8(9)4-1;1-2;/h2*1-2,4,6,9H,3,5,7H2;1-2H2;/q2*-1;;+2. The molecule has 0 aromatic heterocycles. The van der Waals surface area contributed by atoms with Crippen LogP contribution in [0, 0.1) is 24.7 Å². The molecular weight excluding hydrogens is 331 g/mol. The van der Waals surface area contributed by atoms with Crippen LogP contribution in [0.1, 0.15) is 38.5 Å². The summed E-state index contributed by atoms with van der Waals surface area (Å²) in [6.45, 7) is 6.00. The Hall–Kier alpha value is -0.677. The van der Waals surface area contributed by atoms with Gasteiger partial charge in [0.25, 0.3) is 0 Å². The predicted octanol–water partition coefficient (Wildman–Crippen LogP) is 5.77. The normalized spacial score (nSPS) is 26.9. The fourth-order valence-corrected chi connectivity index (χ4v) is 3.33. The van der Waals surface area contributed by atoms with Crippen LogP contribution in [0.5, 0.6) is 0 Å². The maximum absolute atomic E-state index is 3.00. The van der Waals surface area contributed by atoms with Gasteiger partial charge in [0.2, 0.25) is 0 Å². The molecule has 21 heavy (non-hydrogen) atoms. The van der Waals surface area contributed by atoms with E-state index in [1.807, 2.05) is 0 Å². The summed E-state index contributed by atoms with van der Waals surface area (Å²) in [7, 11) is 0. The summed E-state index contributed by atoms with van der Waals surface area (Å²) in [5.74, 6) is 1.77. The number of hydrogen-bond donors (Lipinski definition) is 0. The van der Waals surface area contributed by atoms with Gasteiger partial charge in [0.05, 0.1) is 0 Å². The Bertz CT molecular complexity index is 385. The van der Waals surface area contributed by atoms with Gasteiger partial charge in [0.15, 0.2) is 0 Å². The van der Waals surface area contributed by atoms with E-state index in [0.29, 0.717) is 0 Å². The van der Waals surface area contributed by atoms with E-state index < -0.39 is 0 Å². The zero-order valence-electron chi connectivity index (χ0n) is 12.9. The second kappa shape index (κ2) is 10.1. The first kappa shape index (κ1) is 18.4. The van der Waals surface area contributed by atoms with E-state index in [9.17, 15) is 0 Å². The van der Waals surface area contributed by atoms with Crippen LogP contribution in [0.15, 0.2) is 60.8 Å². The third-order valence-corrected chi connectivity index (χ3v) is 4.42. The smallest absolute Gasteiger partial charge is 0.227 e. The van der Waals surface area contributed by atoms with Crippen molar-refractivity contribution in [3.8, 4) is 0 Å². The molecule has 0 radical (unpaired) electrons. The minimum absolute atomic E-state index is 0. The topological polar surface area (TPSA) is 0 Å². The summed E-state index contributed by atoms with van der Waals surface area (Å²) < 4.78 is 0. The molecule has 0 aliphatic heterocycles. The van der Waals surface area contributed by atoms with E-state index in [1.165, 1.54) is 38.5 Å². The molecule has 1 heteroatoms. The molecule has 2 saturated carbocycles. The van der Waals surface area contributed by atoms with Gasteiger partial charge in [-0.1, -0.05) is 12.8 Å². The summed E-state index contributed by atoms with van der Waals surface area (Å²) in [6, 6.07) is 0. The number of hydrogen-bond acceptors (Lipinski definition) is 0. The van der Waals surface area contributed by atoms with Crippen molar-refractivity contribution in [1.29, 1.82) is 0 Å². The molecule has 0 N–H and O–H groups in total. The SMILES string of the molecule is C1=CCC2CC[CH-]C2=C1.C1=CCC2CC[CH-]C2=C1.C=C.[Zr+2]. The third kappa shape index (κ3) is 5.22. The number of fused-ring (bicyclic) bond motifs is 2. The minimum atomic E-state index is 0. The van der Waals surface area contributed by atoms with E-state index in [1.54, 1.807) is 11.1 Å². The van der Waals surface area contributed by atoms with Gasteiger partial charge in [-0.15, -0.1) is 50.3 Å². The summed E-state index contributed by atoms with van der Waals surface area (Å²) in [6.07, 6.45) is 26.1. The van der Waals surface area contributed by atoms with Crippen LogP contribution in [0.25, 0.3) is 0 Å². The zero-order chi connectivity index (χ0) is 14.2. The summed E-state index contributed by atoms with van der Waals surface area (Å²) in [5, 5.41) is 0. The Morgan fingerprint density at radius 2 is 1.24 bits per heavy atom. The van der Waals surface area contributed by atoms with Gasteiger partial charge < -0.3 is 0 Å². The maximum atomic E-state index is 3.00. The molecule has 0 bridgehead atoms. The fraction of sp³-hybridized carbons (Fsp3) is 0.400. The van der Waals surface area contributed by atoms with Crippen molar-refractivity contribution in [2.24, 2.45) is 11.8 Å². The summed E-state index contributed by atoms with van der Waals surface area (Å²) in [4.78, 5) is 0. The van der Waals surface area contributed by atoms with Gasteiger partial charge in [-0.3, -0.25) is 0 Å². The monoisotopic (exact) mass is 356 g/mol. The van der Waals surface area contributed by atoms with Crippen molar-refractivity contribution in [3.05, 3.63) is 73.6 Å². The predicted molar refractivity (Wildman–Crippen MR) is 89.0 cm³/mol. The molecule has 0 amide bonds. The first-order valence-corrected chi connectivity index (χ1v) is 7.83.